The van der Waals surface area contributed by atoms with Crippen molar-refractivity contribution in [3.05, 3.63) is 70.0 Å². The van der Waals surface area contributed by atoms with E-state index in [9.17, 15) is 18.4 Å². The van der Waals surface area contributed by atoms with Crippen molar-refractivity contribution in [2.24, 2.45) is 0 Å². The summed E-state index contributed by atoms with van der Waals surface area (Å²) in [5.74, 6) is -2.25. The lowest BCUT2D eigenvalue weighted by molar-refractivity contribution is -0.117. The van der Waals surface area contributed by atoms with Gasteiger partial charge in [0.25, 0.3) is 5.56 Å². The molecular weight excluding hydrogens is 380 g/mol. The highest BCUT2D eigenvalue weighted by molar-refractivity contribution is 5.89. The molecule has 0 bridgehead atoms. The summed E-state index contributed by atoms with van der Waals surface area (Å²) in [5, 5.41) is 6.63. The van der Waals surface area contributed by atoms with Gasteiger partial charge in [0.1, 0.15) is 18.7 Å². The Hall–Kier alpha value is -3.49. The van der Waals surface area contributed by atoms with E-state index in [-0.39, 0.29) is 11.7 Å². The largest absolute Gasteiger partial charge is 0.307 e. The SMILES string of the molecule is Cc1c(-c2cccc(F)c2)c(C(C)C)nn(CC(=O)Nc2ncncc2F)c1=O. The van der Waals surface area contributed by atoms with Gasteiger partial charge in [0.2, 0.25) is 5.91 Å². The number of hydrogen-bond donors (Lipinski definition) is 1. The molecule has 1 amide bonds. The average Bonchev–Trinajstić information content (AvgIpc) is 2.67. The van der Waals surface area contributed by atoms with Crippen LogP contribution in [0.5, 0.6) is 0 Å². The van der Waals surface area contributed by atoms with E-state index in [1.807, 2.05) is 13.8 Å². The Labute approximate surface area is 165 Å². The number of amides is 1. The third-order valence-corrected chi connectivity index (χ3v) is 4.29. The van der Waals surface area contributed by atoms with E-state index in [0.29, 0.717) is 22.4 Å². The number of hydrogen-bond acceptors (Lipinski definition) is 5. The van der Waals surface area contributed by atoms with Crippen LogP contribution in [-0.4, -0.2) is 25.7 Å². The molecule has 2 heterocycles. The Balaban J connectivity index is 2.00. The van der Waals surface area contributed by atoms with Gasteiger partial charge in [-0.1, -0.05) is 26.0 Å². The van der Waals surface area contributed by atoms with Gasteiger partial charge in [0.15, 0.2) is 11.6 Å². The summed E-state index contributed by atoms with van der Waals surface area (Å²) < 4.78 is 28.3. The maximum absolute atomic E-state index is 13.7. The van der Waals surface area contributed by atoms with E-state index in [1.54, 1.807) is 19.1 Å². The molecule has 1 N–H and O–H groups in total. The molecule has 0 saturated heterocycles. The Bertz CT molecular complexity index is 1130. The molecule has 29 heavy (non-hydrogen) atoms. The molecule has 2 aromatic heterocycles. The van der Waals surface area contributed by atoms with Crippen LogP contribution in [-0.2, 0) is 11.3 Å². The number of nitrogens with zero attached hydrogens (tertiary/aromatic N) is 4. The maximum Gasteiger partial charge on any atom is 0.270 e. The van der Waals surface area contributed by atoms with Crippen LogP contribution in [0.25, 0.3) is 11.1 Å². The summed E-state index contributed by atoms with van der Waals surface area (Å²) in [4.78, 5) is 32.2. The molecule has 0 aliphatic rings. The zero-order valence-corrected chi connectivity index (χ0v) is 16.1. The minimum Gasteiger partial charge on any atom is -0.307 e. The third kappa shape index (κ3) is 4.34. The molecular formula is C20H19F2N5O2. The quantitative estimate of drug-likeness (QED) is 0.712. The molecule has 3 aromatic rings. The minimum atomic E-state index is -0.790. The van der Waals surface area contributed by atoms with Crippen LogP contribution in [0.1, 0.15) is 31.0 Å². The number of nitrogens with one attached hydrogen (secondary N) is 1. The Morgan fingerprint density at radius 3 is 2.69 bits per heavy atom. The predicted molar refractivity (Wildman–Crippen MR) is 103 cm³/mol. The van der Waals surface area contributed by atoms with Crippen LogP contribution in [0.2, 0.25) is 0 Å². The second kappa shape index (κ2) is 8.26. The molecule has 0 fully saturated rings. The summed E-state index contributed by atoms with van der Waals surface area (Å²) in [6, 6.07) is 5.92. The van der Waals surface area contributed by atoms with Gasteiger partial charge < -0.3 is 5.32 Å². The van der Waals surface area contributed by atoms with Gasteiger partial charge in [-0.25, -0.2) is 23.4 Å². The zero-order chi connectivity index (χ0) is 21.1. The van der Waals surface area contributed by atoms with Crippen molar-refractivity contribution in [3.8, 4) is 11.1 Å². The number of anilines is 1. The summed E-state index contributed by atoms with van der Waals surface area (Å²) in [6.07, 6.45) is 2.01. The normalized spacial score (nSPS) is 11.0. The lowest BCUT2D eigenvalue weighted by Gasteiger charge is -2.17. The molecule has 0 saturated carbocycles. The van der Waals surface area contributed by atoms with Gasteiger partial charge in [0.05, 0.1) is 11.9 Å². The lowest BCUT2D eigenvalue weighted by Crippen LogP contribution is -2.33. The Morgan fingerprint density at radius 2 is 2.03 bits per heavy atom. The second-order valence-electron chi connectivity index (χ2n) is 6.78. The van der Waals surface area contributed by atoms with Crippen LogP contribution < -0.4 is 10.9 Å². The Morgan fingerprint density at radius 1 is 1.28 bits per heavy atom. The summed E-state index contributed by atoms with van der Waals surface area (Å²) in [7, 11) is 0. The standard InChI is InChI=1S/C20H19F2N5O2/c1-11(2)18-17(13-5-4-6-14(21)7-13)12(3)20(29)27(26-18)9-16(28)25-19-15(22)8-23-10-24-19/h4-8,10-11H,9H2,1-3H3,(H,23,24,25,28). The van der Waals surface area contributed by atoms with Crippen LogP contribution in [0.15, 0.2) is 41.6 Å². The smallest absolute Gasteiger partial charge is 0.270 e. The molecule has 0 atom stereocenters. The van der Waals surface area contributed by atoms with E-state index in [4.69, 9.17) is 0 Å². The highest BCUT2D eigenvalue weighted by Crippen LogP contribution is 2.29. The van der Waals surface area contributed by atoms with Gasteiger partial charge in [-0.05, 0) is 30.5 Å². The van der Waals surface area contributed by atoms with Crippen LogP contribution in [0.4, 0.5) is 14.6 Å². The summed E-state index contributed by atoms with van der Waals surface area (Å²) in [5.41, 5.74) is 1.48. The number of carbonyl (C=O) groups is 1. The second-order valence-corrected chi connectivity index (χ2v) is 6.78. The maximum atomic E-state index is 13.7. The van der Waals surface area contributed by atoms with Crippen LogP contribution in [0, 0.1) is 18.6 Å². The van der Waals surface area contributed by atoms with Crippen molar-refractivity contribution in [1.82, 2.24) is 19.7 Å². The van der Waals surface area contributed by atoms with Crippen molar-refractivity contribution in [1.29, 1.82) is 0 Å². The fourth-order valence-corrected chi connectivity index (χ4v) is 2.95. The van der Waals surface area contributed by atoms with Crippen LogP contribution in [0.3, 0.4) is 0 Å². The van der Waals surface area contributed by atoms with Gasteiger partial charge >= 0.3 is 0 Å². The summed E-state index contributed by atoms with van der Waals surface area (Å²) >= 11 is 0. The van der Waals surface area contributed by atoms with E-state index in [0.717, 1.165) is 17.2 Å². The van der Waals surface area contributed by atoms with Crippen molar-refractivity contribution in [2.75, 3.05) is 5.32 Å². The number of benzene rings is 1. The van der Waals surface area contributed by atoms with E-state index in [1.165, 1.54) is 12.1 Å². The Kier molecular flexibility index (Phi) is 5.76. The van der Waals surface area contributed by atoms with Crippen molar-refractivity contribution < 1.29 is 13.6 Å². The van der Waals surface area contributed by atoms with Gasteiger partial charge in [-0.15, -0.1) is 0 Å². The first-order valence-electron chi connectivity index (χ1n) is 8.90. The molecule has 0 unspecified atom stereocenters. The molecule has 150 valence electrons. The molecule has 3 rings (SSSR count). The molecule has 1 aromatic carbocycles. The predicted octanol–water partition coefficient (Wildman–Crippen LogP) is 3.05. The minimum absolute atomic E-state index is 0.0961. The number of aromatic nitrogens is 4. The molecule has 0 radical (unpaired) electrons. The van der Waals surface area contributed by atoms with E-state index < -0.39 is 29.6 Å². The van der Waals surface area contributed by atoms with E-state index in [2.05, 4.69) is 20.4 Å². The van der Waals surface area contributed by atoms with Gasteiger partial charge in [-0.2, -0.15) is 5.10 Å². The number of halogens is 2. The average molecular weight is 399 g/mol. The van der Waals surface area contributed by atoms with E-state index >= 15 is 0 Å². The fraction of sp³-hybridized carbons (Fsp3) is 0.250. The first-order valence-corrected chi connectivity index (χ1v) is 8.90. The van der Waals surface area contributed by atoms with Crippen LogP contribution >= 0.6 is 0 Å². The molecule has 0 aliphatic heterocycles. The zero-order valence-electron chi connectivity index (χ0n) is 16.1. The van der Waals surface area contributed by atoms with Crippen molar-refractivity contribution in [2.45, 2.75) is 33.2 Å². The van der Waals surface area contributed by atoms with Gasteiger partial charge in [0, 0.05) is 11.1 Å². The summed E-state index contributed by atoms with van der Waals surface area (Å²) in [6.45, 7) is 4.95. The fourth-order valence-electron chi connectivity index (χ4n) is 2.95. The monoisotopic (exact) mass is 399 g/mol. The molecule has 7 nitrogen and oxygen atoms in total. The first-order chi connectivity index (χ1) is 13.8. The highest BCUT2D eigenvalue weighted by Gasteiger charge is 2.20. The van der Waals surface area contributed by atoms with Crippen molar-refractivity contribution in [3.63, 3.8) is 0 Å². The molecule has 0 spiro atoms. The molecule has 0 aliphatic carbocycles. The molecule has 9 heteroatoms. The topological polar surface area (TPSA) is 89.8 Å². The van der Waals surface area contributed by atoms with Crippen molar-refractivity contribution >= 4 is 11.7 Å². The lowest BCUT2D eigenvalue weighted by atomic mass is 9.94. The van der Waals surface area contributed by atoms with Gasteiger partial charge in [-0.3, -0.25) is 9.59 Å². The third-order valence-electron chi connectivity index (χ3n) is 4.29. The first kappa shape index (κ1) is 20.2. The highest BCUT2D eigenvalue weighted by atomic mass is 19.1. The number of rotatable bonds is 5. The number of carbonyl (C=O) groups excluding carboxylic acids is 1.